The fraction of sp³-hybridized carbons (Fsp3) is 0.226. The smallest absolute Gasteiger partial charge is 0.410 e. The first-order valence-electron chi connectivity index (χ1n) is 13.0. The second kappa shape index (κ2) is 10.5. The summed E-state index contributed by atoms with van der Waals surface area (Å²) in [5.74, 6) is 0.276. The van der Waals surface area contributed by atoms with Crippen molar-refractivity contribution < 1.29 is 9.53 Å². The number of hydrogen-bond donors (Lipinski definition) is 0. The van der Waals surface area contributed by atoms with Gasteiger partial charge in [-0.2, -0.15) is 5.10 Å². The van der Waals surface area contributed by atoms with E-state index in [0.717, 1.165) is 57.8 Å². The van der Waals surface area contributed by atoms with Crippen LogP contribution in [0, 0.1) is 6.92 Å². The number of aromatic nitrogens is 4. The van der Waals surface area contributed by atoms with Crippen LogP contribution in [0.4, 0.5) is 4.79 Å². The Labute approximate surface area is 221 Å². The average molecular weight is 504 g/mol. The van der Waals surface area contributed by atoms with E-state index < -0.39 is 0 Å². The Bertz CT molecular complexity index is 1540. The number of ether oxygens (including phenoxy) is 1. The van der Waals surface area contributed by atoms with Crippen molar-refractivity contribution in [1.82, 2.24) is 24.5 Å². The minimum atomic E-state index is -0.253. The lowest BCUT2D eigenvalue weighted by Gasteiger charge is -2.31. The molecular weight excluding hydrogens is 474 g/mol. The number of pyridine rings is 1. The monoisotopic (exact) mass is 503 g/mol. The van der Waals surface area contributed by atoms with E-state index in [1.165, 1.54) is 0 Å². The summed E-state index contributed by atoms with van der Waals surface area (Å²) in [5.41, 5.74) is 7.88. The Balaban J connectivity index is 1.16. The number of amides is 1. The van der Waals surface area contributed by atoms with Crippen molar-refractivity contribution in [2.24, 2.45) is 0 Å². The van der Waals surface area contributed by atoms with Crippen molar-refractivity contribution in [3.8, 4) is 22.4 Å². The number of carbonyl (C=O) groups is 1. The molecule has 1 amide bonds. The lowest BCUT2D eigenvalue weighted by Crippen LogP contribution is -2.38. The Kier molecular flexibility index (Phi) is 6.56. The van der Waals surface area contributed by atoms with E-state index in [2.05, 4.69) is 36.3 Å². The van der Waals surface area contributed by atoms with Crippen LogP contribution in [0.5, 0.6) is 0 Å². The molecule has 1 fully saturated rings. The number of aryl methyl sites for hydroxylation is 1. The molecule has 0 aliphatic carbocycles. The van der Waals surface area contributed by atoms with Gasteiger partial charge in [0.2, 0.25) is 0 Å². The molecule has 190 valence electrons. The van der Waals surface area contributed by atoms with E-state index in [1.54, 1.807) is 4.90 Å². The molecule has 0 atom stereocenters. The van der Waals surface area contributed by atoms with Crippen LogP contribution in [0.1, 0.15) is 35.7 Å². The van der Waals surface area contributed by atoms with E-state index in [9.17, 15) is 4.79 Å². The maximum Gasteiger partial charge on any atom is 0.410 e. The second-order valence-corrected chi connectivity index (χ2v) is 9.72. The summed E-state index contributed by atoms with van der Waals surface area (Å²) in [6, 6.07) is 26.2. The van der Waals surface area contributed by atoms with Crippen molar-refractivity contribution in [3.63, 3.8) is 0 Å². The second-order valence-electron chi connectivity index (χ2n) is 9.72. The molecule has 3 aromatic heterocycles. The van der Waals surface area contributed by atoms with Crippen molar-refractivity contribution in [2.75, 3.05) is 13.1 Å². The number of hydrogen-bond acceptors (Lipinski definition) is 5. The van der Waals surface area contributed by atoms with E-state index in [-0.39, 0.29) is 12.0 Å². The number of nitrogens with zero attached hydrogens (tertiary/aromatic N) is 5. The molecule has 0 spiro atoms. The first kappa shape index (κ1) is 23.9. The number of benzene rings is 2. The van der Waals surface area contributed by atoms with Gasteiger partial charge in [-0.3, -0.25) is 4.98 Å². The standard InChI is InChI=1S/C31H29N5O2/c1-22-18-29(25-14-16-35(17-15-25)31(37)38-21-23-8-4-2-5-9-23)34-30-27(20-33-36(22)30)26-12-13-28(32-19-26)24-10-6-3-7-11-24/h2-13,18-20,25H,14-17,21H2,1H3. The topological polar surface area (TPSA) is 72.6 Å². The Morgan fingerprint density at radius 2 is 1.66 bits per heavy atom. The van der Waals surface area contributed by atoms with Crippen molar-refractivity contribution in [3.05, 3.63) is 108 Å². The number of likely N-dealkylation sites (tertiary alicyclic amines) is 1. The molecule has 5 aromatic rings. The van der Waals surface area contributed by atoms with Crippen LogP contribution < -0.4 is 0 Å². The van der Waals surface area contributed by atoms with Gasteiger partial charge in [-0.1, -0.05) is 66.7 Å². The van der Waals surface area contributed by atoms with E-state index in [1.807, 2.05) is 71.5 Å². The highest BCUT2D eigenvalue weighted by Crippen LogP contribution is 2.31. The zero-order valence-electron chi connectivity index (χ0n) is 21.3. The molecule has 1 aliphatic rings. The Hall–Kier alpha value is -4.52. The van der Waals surface area contributed by atoms with Gasteiger partial charge in [-0.15, -0.1) is 0 Å². The molecule has 1 saturated heterocycles. The fourth-order valence-corrected chi connectivity index (χ4v) is 5.05. The molecule has 0 N–H and O–H groups in total. The summed E-state index contributed by atoms with van der Waals surface area (Å²) in [7, 11) is 0. The molecule has 0 radical (unpaired) electrons. The van der Waals surface area contributed by atoms with Gasteiger partial charge < -0.3 is 9.64 Å². The quantitative estimate of drug-likeness (QED) is 0.282. The van der Waals surface area contributed by atoms with Crippen LogP contribution in [0.25, 0.3) is 28.0 Å². The average Bonchev–Trinajstić information content (AvgIpc) is 3.42. The van der Waals surface area contributed by atoms with Gasteiger partial charge >= 0.3 is 6.09 Å². The van der Waals surface area contributed by atoms with Crippen LogP contribution in [0.2, 0.25) is 0 Å². The summed E-state index contributed by atoms with van der Waals surface area (Å²) < 4.78 is 7.42. The minimum absolute atomic E-state index is 0.253. The van der Waals surface area contributed by atoms with E-state index in [0.29, 0.717) is 19.7 Å². The maximum absolute atomic E-state index is 12.6. The van der Waals surface area contributed by atoms with Crippen LogP contribution in [-0.4, -0.2) is 43.7 Å². The largest absolute Gasteiger partial charge is 0.445 e. The van der Waals surface area contributed by atoms with Crippen LogP contribution in [0.15, 0.2) is 91.3 Å². The normalized spacial score (nSPS) is 14.1. The lowest BCUT2D eigenvalue weighted by molar-refractivity contribution is 0.0868. The van der Waals surface area contributed by atoms with Crippen molar-refractivity contribution >= 4 is 11.7 Å². The number of piperidine rings is 1. The molecule has 4 heterocycles. The molecule has 7 heteroatoms. The third-order valence-electron chi connectivity index (χ3n) is 7.19. The lowest BCUT2D eigenvalue weighted by atomic mass is 9.93. The first-order chi connectivity index (χ1) is 18.7. The highest BCUT2D eigenvalue weighted by Gasteiger charge is 2.26. The van der Waals surface area contributed by atoms with E-state index >= 15 is 0 Å². The van der Waals surface area contributed by atoms with Gasteiger partial charge in [0.25, 0.3) is 0 Å². The van der Waals surface area contributed by atoms with Gasteiger partial charge in [-0.05, 0) is 37.5 Å². The highest BCUT2D eigenvalue weighted by atomic mass is 16.6. The summed E-state index contributed by atoms with van der Waals surface area (Å²) >= 11 is 0. The third kappa shape index (κ3) is 4.87. The number of rotatable bonds is 5. The highest BCUT2D eigenvalue weighted by molar-refractivity contribution is 5.77. The molecule has 0 unspecified atom stereocenters. The Morgan fingerprint density at radius 1 is 0.921 bits per heavy atom. The van der Waals surface area contributed by atoms with Gasteiger partial charge in [0, 0.05) is 53.3 Å². The van der Waals surface area contributed by atoms with Crippen LogP contribution >= 0.6 is 0 Å². The predicted octanol–water partition coefficient (Wildman–Crippen LogP) is 6.28. The molecule has 6 rings (SSSR count). The van der Waals surface area contributed by atoms with Gasteiger partial charge in [0.05, 0.1) is 11.9 Å². The molecule has 0 saturated carbocycles. The molecule has 7 nitrogen and oxygen atoms in total. The zero-order valence-corrected chi connectivity index (χ0v) is 21.3. The summed E-state index contributed by atoms with van der Waals surface area (Å²) in [4.78, 5) is 24.1. The molecule has 2 aromatic carbocycles. The minimum Gasteiger partial charge on any atom is -0.445 e. The summed E-state index contributed by atoms with van der Waals surface area (Å²) in [6.45, 7) is 3.66. The van der Waals surface area contributed by atoms with Gasteiger partial charge in [-0.25, -0.2) is 14.3 Å². The van der Waals surface area contributed by atoms with Crippen molar-refractivity contribution in [1.29, 1.82) is 0 Å². The maximum atomic E-state index is 12.6. The molecule has 38 heavy (non-hydrogen) atoms. The fourth-order valence-electron chi connectivity index (χ4n) is 5.05. The predicted molar refractivity (Wildman–Crippen MR) is 147 cm³/mol. The van der Waals surface area contributed by atoms with Crippen LogP contribution in [0.3, 0.4) is 0 Å². The number of fused-ring (bicyclic) bond motifs is 1. The molecule has 0 bridgehead atoms. The number of carbonyl (C=O) groups excluding carboxylic acids is 1. The molecule has 1 aliphatic heterocycles. The van der Waals surface area contributed by atoms with Gasteiger partial charge in [0.15, 0.2) is 5.65 Å². The van der Waals surface area contributed by atoms with E-state index in [4.69, 9.17) is 14.7 Å². The van der Waals surface area contributed by atoms with Crippen molar-refractivity contribution in [2.45, 2.75) is 32.3 Å². The SMILES string of the molecule is Cc1cc(C2CCN(C(=O)OCc3ccccc3)CC2)nc2c(-c3ccc(-c4ccccc4)nc3)cnn12. The third-order valence-corrected chi connectivity index (χ3v) is 7.19. The summed E-state index contributed by atoms with van der Waals surface area (Å²) in [6.07, 6.45) is 5.20. The first-order valence-corrected chi connectivity index (χ1v) is 13.0. The summed E-state index contributed by atoms with van der Waals surface area (Å²) in [5, 5.41) is 4.60. The Morgan fingerprint density at radius 3 is 2.37 bits per heavy atom. The van der Waals surface area contributed by atoms with Crippen LogP contribution in [-0.2, 0) is 11.3 Å². The van der Waals surface area contributed by atoms with Gasteiger partial charge in [0.1, 0.15) is 6.61 Å². The molecular formula is C31H29N5O2. The zero-order chi connectivity index (χ0) is 25.9.